The molecular formula is C13H9FN2O4. The second kappa shape index (κ2) is 5.35. The molecule has 1 aromatic carbocycles. The second-order valence-electron chi connectivity index (χ2n) is 3.83. The normalized spacial score (nSPS) is 10.1. The Morgan fingerprint density at radius 2 is 1.95 bits per heavy atom. The highest BCUT2D eigenvalue weighted by atomic mass is 19.1. The maximum atomic E-state index is 12.6. The van der Waals surface area contributed by atoms with Gasteiger partial charge in [0, 0.05) is 6.20 Å². The van der Waals surface area contributed by atoms with Crippen LogP contribution in [0, 0.1) is 5.95 Å². The molecule has 2 rings (SSSR count). The van der Waals surface area contributed by atoms with Gasteiger partial charge in [-0.25, -0.2) is 9.78 Å². The summed E-state index contributed by atoms with van der Waals surface area (Å²) in [7, 11) is 0. The van der Waals surface area contributed by atoms with Gasteiger partial charge in [-0.15, -0.1) is 0 Å². The Balaban J connectivity index is 2.26. The lowest BCUT2D eigenvalue weighted by molar-refractivity contribution is 0.0693. The first-order valence-corrected chi connectivity index (χ1v) is 5.47. The number of phenols is 1. The summed E-state index contributed by atoms with van der Waals surface area (Å²) in [4.78, 5) is 26.0. The summed E-state index contributed by atoms with van der Waals surface area (Å²) in [6.07, 6.45) is 1.03. The number of aromatic carboxylic acids is 1. The summed E-state index contributed by atoms with van der Waals surface area (Å²) in [5, 5.41) is 20.9. The molecule has 102 valence electrons. The van der Waals surface area contributed by atoms with E-state index in [0.29, 0.717) is 0 Å². The highest BCUT2D eigenvalue weighted by molar-refractivity contribution is 6.06. The van der Waals surface area contributed by atoms with Crippen LogP contribution in [-0.4, -0.2) is 27.1 Å². The topological polar surface area (TPSA) is 99.5 Å². The monoisotopic (exact) mass is 276 g/mol. The number of rotatable bonds is 3. The molecule has 1 aromatic heterocycles. The largest absolute Gasteiger partial charge is 0.505 e. The molecule has 1 heterocycles. The minimum atomic E-state index is -1.32. The van der Waals surface area contributed by atoms with Crippen LogP contribution in [0.1, 0.15) is 20.7 Å². The van der Waals surface area contributed by atoms with E-state index < -0.39 is 23.6 Å². The molecule has 0 bridgehead atoms. The maximum absolute atomic E-state index is 12.6. The molecule has 0 atom stereocenters. The van der Waals surface area contributed by atoms with Crippen molar-refractivity contribution in [2.75, 3.05) is 5.32 Å². The van der Waals surface area contributed by atoms with Gasteiger partial charge in [-0.2, -0.15) is 4.39 Å². The molecule has 0 aliphatic carbocycles. The number of halogens is 1. The number of carboxylic acid groups (broad SMARTS) is 1. The van der Waals surface area contributed by atoms with Crippen LogP contribution < -0.4 is 5.32 Å². The number of hydrogen-bond acceptors (Lipinski definition) is 4. The lowest BCUT2D eigenvalue weighted by Gasteiger charge is -2.08. The molecule has 3 N–H and O–H groups in total. The maximum Gasteiger partial charge on any atom is 0.339 e. The van der Waals surface area contributed by atoms with Gasteiger partial charge in [0.05, 0.1) is 11.3 Å². The lowest BCUT2D eigenvalue weighted by Crippen LogP contribution is -2.13. The minimum Gasteiger partial charge on any atom is -0.505 e. The molecule has 0 aliphatic rings. The van der Waals surface area contributed by atoms with Gasteiger partial charge in [0.15, 0.2) is 5.75 Å². The van der Waals surface area contributed by atoms with Crippen LogP contribution >= 0.6 is 0 Å². The fourth-order valence-corrected chi connectivity index (χ4v) is 1.52. The zero-order valence-electron chi connectivity index (χ0n) is 10.0. The Labute approximate surface area is 112 Å². The fourth-order valence-electron chi connectivity index (χ4n) is 1.52. The summed E-state index contributed by atoms with van der Waals surface area (Å²) < 4.78 is 12.6. The van der Waals surface area contributed by atoms with Gasteiger partial charge < -0.3 is 15.5 Å². The van der Waals surface area contributed by atoms with Crippen LogP contribution in [0.15, 0.2) is 36.5 Å². The van der Waals surface area contributed by atoms with Crippen molar-refractivity contribution in [2.24, 2.45) is 0 Å². The number of para-hydroxylation sites is 1. The number of hydrogen-bond donors (Lipinski definition) is 3. The number of carbonyl (C=O) groups excluding carboxylic acids is 1. The van der Waals surface area contributed by atoms with Crippen molar-refractivity contribution in [1.82, 2.24) is 4.98 Å². The Morgan fingerprint density at radius 3 is 2.55 bits per heavy atom. The lowest BCUT2D eigenvalue weighted by atomic mass is 10.1. The molecule has 2 aromatic rings. The molecule has 1 amide bonds. The fraction of sp³-hybridized carbons (Fsp3) is 0. The smallest absolute Gasteiger partial charge is 0.339 e. The van der Waals surface area contributed by atoms with Gasteiger partial charge in [0.2, 0.25) is 5.95 Å². The number of carbonyl (C=O) groups is 2. The van der Waals surface area contributed by atoms with Crippen LogP contribution in [0.3, 0.4) is 0 Å². The highest BCUT2D eigenvalue weighted by Gasteiger charge is 2.15. The first-order chi connectivity index (χ1) is 9.49. The number of pyridine rings is 1. The van der Waals surface area contributed by atoms with Crippen LogP contribution in [0.25, 0.3) is 0 Å². The van der Waals surface area contributed by atoms with Crippen LogP contribution in [0.4, 0.5) is 10.1 Å². The number of amides is 1. The summed E-state index contributed by atoms with van der Waals surface area (Å²) in [6, 6.07) is 6.16. The van der Waals surface area contributed by atoms with Crippen LogP contribution in [-0.2, 0) is 0 Å². The van der Waals surface area contributed by atoms with Gasteiger partial charge in [0.1, 0.15) is 5.56 Å². The Hall–Kier alpha value is -2.96. The Kier molecular flexibility index (Phi) is 3.60. The molecule has 7 heteroatoms. The van der Waals surface area contributed by atoms with E-state index in [1.807, 2.05) is 0 Å². The average Bonchev–Trinajstić information content (AvgIpc) is 2.41. The van der Waals surface area contributed by atoms with E-state index in [1.54, 1.807) is 0 Å². The zero-order chi connectivity index (χ0) is 14.7. The third kappa shape index (κ3) is 2.72. The van der Waals surface area contributed by atoms with E-state index in [2.05, 4.69) is 10.3 Å². The molecule has 0 saturated heterocycles. The van der Waals surface area contributed by atoms with E-state index in [1.165, 1.54) is 24.3 Å². The number of aromatic nitrogens is 1. The van der Waals surface area contributed by atoms with Gasteiger partial charge >= 0.3 is 5.97 Å². The number of nitrogens with zero attached hydrogens (tertiary/aromatic N) is 1. The molecule has 0 spiro atoms. The number of anilines is 1. The SMILES string of the molecule is O=C(Nc1cccc(C(=O)O)c1O)c1ccc(F)nc1. The predicted molar refractivity (Wildman–Crippen MR) is 67.2 cm³/mol. The number of nitrogens with one attached hydrogen (secondary N) is 1. The van der Waals surface area contributed by atoms with Crippen molar-refractivity contribution >= 4 is 17.6 Å². The van der Waals surface area contributed by atoms with Gasteiger partial charge in [-0.05, 0) is 24.3 Å². The van der Waals surface area contributed by atoms with Crippen molar-refractivity contribution in [1.29, 1.82) is 0 Å². The van der Waals surface area contributed by atoms with Crippen LogP contribution in [0.2, 0.25) is 0 Å². The van der Waals surface area contributed by atoms with Gasteiger partial charge in [0.25, 0.3) is 5.91 Å². The molecular weight excluding hydrogens is 267 g/mol. The molecule has 0 saturated carbocycles. The summed E-state index contributed by atoms with van der Waals surface area (Å²) in [5.41, 5.74) is -0.314. The van der Waals surface area contributed by atoms with E-state index in [4.69, 9.17) is 5.11 Å². The Bertz CT molecular complexity index is 671. The predicted octanol–water partition coefficient (Wildman–Crippen LogP) is 1.88. The molecule has 0 radical (unpaired) electrons. The van der Waals surface area contributed by atoms with Gasteiger partial charge in [-0.3, -0.25) is 4.79 Å². The number of benzene rings is 1. The first-order valence-electron chi connectivity index (χ1n) is 5.47. The first kappa shape index (κ1) is 13.5. The van der Waals surface area contributed by atoms with Crippen LogP contribution in [0.5, 0.6) is 5.75 Å². The number of carboxylic acids is 1. The third-order valence-corrected chi connectivity index (χ3v) is 2.50. The summed E-state index contributed by atoms with van der Waals surface area (Å²) in [6.45, 7) is 0. The van der Waals surface area contributed by atoms with E-state index in [0.717, 1.165) is 12.3 Å². The zero-order valence-corrected chi connectivity index (χ0v) is 10.0. The summed E-state index contributed by atoms with van der Waals surface area (Å²) >= 11 is 0. The highest BCUT2D eigenvalue weighted by Crippen LogP contribution is 2.27. The average molecular weight is 276 g/mol. The van der Waals surface area contributed by atoms with Crippen molar-refractivity contribution in [3.8, 4) is 5.75 Å². The third-order valence-electron chi connectivity index (χ3n) is 2.50. The van der Waals surface area contributed by atoms with E-state index in [-0.39, 0.29) is 16.8 Å². The van der Waals surface area contributed by atoms with Crippen molar-refractivity contribution in [2.45, 2.75) is 0 Å². The van der Waals surface area contributed by atoms with Crippen molar-refractivity contribution < 1.29 is 24.2 Å². The van der Waals surface area contributed by atoms with Crippen molar-refractivity contribution in [3.63, 3.8) is 0 Å². The molecule has 0 unspecified atom stereocenters. The molecule has 20 heavy (non-hydrogen) atoms. The molecule has 0 aliphatic heterocycles. The Morgan fingerprint density at radius 1 is 1.20 bits per heavy atom. The quantitative estimate of drug-likeness (QED) is 0.587. The molecule has 0 fully saturated rings. The summed E-state index contributed by atoms with van der Waals surface area (Å²) in [5.74, 6) is -3.24. The van der Waals surface area contributed by atoms with E-state index in [9.17, 15) is 19.1 Å². The minimum absolute atomic E-state index is 0.0563. The number of aromatic hydroxyl groups is 1. The molecule has 6 nitrogen and oxygen atoms in total. The second-order valence-corrected chi connectivity index (χ2v) is 3.83. The standard InChI is InChI=1S/C13H9FN2O4/c14-10-5-4-7(6-15-10)12(18)16-9-3-1-2-8(11(9)17)13(19)20/h1-6,17H,(H,16,18)(H,19,20). The van der Waals surface area contributed by atoms with E-state index >= 15 is 0 Å². The van der Waals surface area contributed by atoms with Crippen molar-refractivity contribution in [3.05, 3.63) is 53.6 Å². The van der Waals surface area contributed by atoms with Gasteiger partial charge in [-0.1, -0.05) is 6.07 Å².